The Morgan fingerprint density at radius 1 is 1.32 bits per heavy atom. The number of halogens is 1. The molecule has 5 nitrogen and oxygen atoms in total. The van der Waals surface area contributed by atoms with Crippen LogP contribution in [-0.4, -0.2) is 33.5 Å². The maximum Gasteiger partial charge on any atom is 0.303 e. The zero-order valence-corrected chi connectivity index (χ0v) is 14.8. The highest BCUT2D eigenvalue weighted by molar-refractivity contribution is 9.10. The van der Waals surface area contributed by atoms with E-state index < -0.39 is 16.8 Å². The highest BCUT2D eigenvalue weighted by Gasteiger charge is 2.10. The molecule has 1 aromatic rings. The molecular weight excluding hydrogens is 370 g/mol. The number of amides is 1. The zero-order chi connectivity index (χ0) is 16.5. The summed E-state index contributed by atoms with van der Waals surface area (Å²) in [4.78, 5) is 22.9. The van der Waals surface area contributed by atoms with E-state index in [1.807, 2.05) is 12.1 Å². The fourth-order valence-corrected chi connectivity index (χ4v) is 3.16. The average Bonchev–Trinajstić information content (AvgIpc) is 2.45. The predicted molar refractivity (Wildman–Crippen MR) is 89.1 cm³/mol. The van der Waals surface area contributed by atoms with Crippen LogP contribution in [-0.2, 0) is 20.4 Å². The Kier molecular flexibility index (Phi) is 8.34. The molecule has 0 aromatic heterocycles. The first-order valence-electron chi connectivity index (χ1n) is 7.01. The topological polar surface area (TPSA) is 83.5 Å². The molecule has 0 bridgehead atoms. The van der Waals surface area contributed by atoms with E-state index in [1.165, 1.54) is 0 Å². The fraction of sp³-hybridized carbons (Fsp3) is 0.467. The van der Waals surface area contributed by atoms with Gasteiger partial charge in [0.15, 0.2) is 0 Å². The molecule has 2 N–H and O–H groups in total. The van der Waals surface area contributed by atoms with Crippen LogP contribution in [0.1, 0.15) is 26.2 Å². The normalized spacial score (nSPS) is 13.4. The van der Waals surface area contributed by atoms with Crippen molar-refractivity contribution in [2.24, 2.45) is 5.92 Å². The summed E-state index contributed by atoms with van der Waals surface area (Å²) in [6.07, 6.45) is 0.859. The van der Waals surface area contributed by atoms with E-state index in [0.717, 1.165) is 9.37 Å². The summed E-state index contributed by atoms with van der Waals surface area (Å²) in [5.74, 6) is -0.672. The van der Waals surface area contributed by atoms with Crippen LogP contribution >= 0.6 is 15.9 Å². The van der Waals surface area contributed by atoms with Crippen molar-refractivity contribution in [1.29, 1.82) is 0 Å². The molecule has 1 aromatic carbocycles. The van der Waals surface area contributed by atoms with E-state index >= 15 is 0 Å². The molecule has 2 atom stereocenters. The molecule has 0 fully saturated rings. The number of carboxylic acids is 1. The maximum atomic E-state index is 12.0. The second-order valence-electron chi connectivity index (χ2n) is 5.11. The van der Waals surface area contributed by atoms with Crippen molar-refractivity contribution in [2.45, 2.75) is 31.1 Å². The molecular formula is C15H20BrNO4S. The maximum absolute atomic E-state index is 12.0. The van der Waals surface area contributed by atoms with Gasteiger partial charge in [0.2, 0.25) is 5.91 Å². The van der Waals surface area contributed by atoms with Gasteiger partial charge in [-0.3, -0.25) is 13.8 Å². The van der Waals surface area contributed by atoms with E-state index in [9.17, 15) is 13.8 Å². The van der Waals surface area contributed by atoms with Crippen LogP contribution < -0.4 is 5.32 Å². The largest absolute Gasteiger partial charge is 0.481 e. The van der Waals surface area contributed by atoms with Crippen molar-refractivity contribution >= 4 is 38.6 Å². The zero-order valence-electron chi connectivity index (χ0n) is 12.4. The van der Waals surface area contributed by atoms with Gasteiger partial charge in [0.1, 0.15) is 0 Å². The molecule has 7 heteroatoms. The third kappa shape index (κ3) is 7.70. The van der Waals surface area contributed by atoms with Crippen molar-refractivity contribution in [3.8, 4) is 0 Å². The lowest BCUT2D eigenvalue weighted by Gasteiger charge is -2.10. The number of nitrogens with one attached hydrogen (secondary N) is 1. The summed E-state index contributed by atoms with van der Waals surface area (Å²) in [5, 5.41) is 11.3. The molecule has 0 saturated carbocycles. The van der Waals surface area contributed by atoms with Crippen molar-refractivity contribution in [3.05, 3.63) is 28.7 Å². The Balaban J connectivity index is 2.23. The van der Waals surface area contributed by atoms with Crippen LogP contribution in [0.4, 0.5) is 0 Å². The van der Waals surface area contributed by atoms with Gasteiger partial charge in [-0.25, -0.2) is 0 Å². The first kappa shape index (κ1) is 18.8. The Morgan fingerprint density at radius 3 is 2.55 bits per heavy atom. The lowest BCUT2D eigenvalue weighted by molar-refractivity contribution is -0.138. The quantitative estimate of drug-likeness (QED) is 0.679. The molecule has 0 aliphatic carbocycles. The van der Waals surface area contributed by atoms with Crippen LogP contribution in [0.25, 0.3) is 0 Å². The van der Waals surface area contributed by atoms with Crippen molar-refractivity contribution in [2.75, 3.05) is 12.3 Å². The second-order valence-corrected chi connectivity index (χ2v) is 7.60. The van der Waals surface area contributed by atoms with E-state index in [1.54, 1.807) is 19.1 Å². The Bertz CT molecular complexity index is 533. The third-order valence-corrected chi connectivity index (χ3v) is 4.97. The summed E-state index contributed by atoms with van der Waals surface area (Å²) in [6.45, 7) is 2.12. The number of benzene rings is 1. The number of hydrogen-bond donors (Lipinski definition) is 2. The van der Waals surface area contributed by atoms with Crippen LogP contribution in [0, 0.1) is 5.92 Å². The average molecular weight is 390 g/mol. The molecule has 1 rings (SSSR count). The van der Waals surface area contributed by atoms with Crippen molar-refractivity contribution in [1.82, 2.24) is 5.32 Å². The lowest BCUT2D eigenvalue weighted by Crippen LogP contribution is -2.29. The van der Waals surface area contributed by atoms with E-state index in [4.69, 9.17) is 5.11 Å². The molecule has 0 spiro atoms. The second kappa shape index (κ2) is 9.74. The van der Waals surface area contributed by atoms with E-state index in [2.05, 4.69) is 21.2 Å². The Morgan fingerprint density at radius 2 is 1.95 bits per heavy atom. The summed E-state index contributed by atoms with van der Waals surface area (Å²) >= 11 is 3.32. The van der Waals surface area contributed by atoms with Crippen LogP contribution in [0.5, 0.6) is 0 Å². The smallest absolute Gasteiger partial charge is 0.303 e. The minimum atomic E-state index is -1.11. The number of carbonyl (C=O) groups is 2. The first-order chi connectivity index (χ1) is 10.4. The molecule has 0 radical (unpaired) electrons. The number of carboxylic acid groups (broad SMARTS) is 1. The Hall–Kier alpha value is -1.21. The SMILES string of the molecule is CC(CNC(=O)CCCS(=O)c1ccc(Br)cc1)CC(=O)O. The van der Waals surface area contributed by atoms with Crippen LogP contribution in [0.15, 0.2) is 33.6 Å². The Labute approximate surface area is 141 Å². The lowest BCUT2D eigenvalue weighted by atomic mass is 10.1. The number of rotatable bonds is 9. The minimum absolute atomic E-state index is 0.0356. The number of carbonyl (C=O) groups excluding carboxylic acids is 1. The highest BCUT2D eigenvalue weighted by Crippen LogP contribution is 2.14. The van der Waals surface area contributed by atoms with E-state index in [0.29, 0.717) is 25.1 Å². The van der Waals surface area contributed by atoms with Gasteiger partial charge in [-0.1, -0.05) is 22.9 Å². The number of hydrogen-bond acceptors (Lipinski definition) is 3. The third-order valence-electron chi connectivity index (χ3n) is 2.98. The predicted octanol–water partition coefficient (Wildman–Crippen LogP) is 2.56. The molecule has 0 saturated heterocycles. The molecule has 1 amide bonds. The fourth-order valence-electron chi connectivity index (χ4n) is 1.81. The van der Waals surface area contributed by atoms with Gasteiger partial charge >= 0.3 is 5.97 Å². The van der Waals surface area contributed by atoms with Gasteiger partial charge in [-0.05, 0) is 36.6 Å². The molecule has 0 heterocycles. The molecule has 2 unspecified atom stereocenters. The van der Waals surface area contributed by atoms with Crippen molar-refractivity contribution < 1.29 is 18.9 Å². The van der Waals surface area contributed by atoms with Gasteiger partial charge < -0.3 is 10.4 Å². The molecule has 22 heavy (non-hydrogen) atoms. The van der Waals surface area contributed by atoms with Gasteiger partial charge in [0, 0.05) is 34.5 Å². The van der Waals surface area contributed by atoms with Gasteiger partial charge in [0.05, 0.1) is 10.8 Å². The minimum Gasteiger partial charge on any atom is -0.481 e. The summed E-state index contributed by atoms with van der Waals surface area (Å²) in [6, 6.07) is 7.27. The van der Waals surface area contributed by atoms with Gasteiger partial charge in [-0.2, -0.15) is 0 Å². The van der Waals surface area contributed by atoms with Gasteiger partial charge in [-0.15, -0.1) is 0 Å². The van der Waals surface area contributed by atoms with Crippen LogP contribution in [0.3, 0.4) is 0 Å². The summed E-state index contributed by atoms with van der Waals surface area (Å²) < 4.78 is 13.0. The van der Waals surface area contributed by atoms with Crippen LogP contribution in [0.2, 0.25) is 0 Å². The number of aliphatic carboxylic acids is 1. The summed E-state index contributed by atoms with van der Waals surface area (Å²) in [5.41, 5.74) is 0. The first-order valence-corrected chi connectivity index (χ1v) is 9.12. The monoisotopic (exact) mass is 389 g/mol. The summed E-state index contributed by atoms with van der Waals surface area (Å²) in [7, 11) is -1.11. The highest BCUT2D eigenvalue weighted by atomic mass is 79.9. The van der Waals surface area contributed by atoms with Crippen molar-refractivity contribution in [3.63, 3.8) is 0 Å². The van der Waals surface area contributed by atoms with E-state index in [-0.39, 0.29) is 18.2 Å². The molecule has 0 aliphatic rings. The molecule has 0 aliphatic heterocycles. The molecule has 122 valence electrons. The standard InChI is InChI=1S/C15H20BrNO4S/c1-11(9-15(19)20)10-17-14(18)3-2-8-22(21)13-6-4-12(16)5-7-13/h4-7,11H,2-3,8-10H2,1H3,(H,17,18)(H,19,20). The van der Waals surface area contributed by atoms with Gasteiger partial charge in [0.25, 0.3) is 0 Å².